The summed E-state index contributed by atoms with van der Waals surface area (Å²) in [6, 6.07) is 10.2. The van der Waals surface area contributed by atoms with E-state index < -0.39 is 5.97 Å². The number of aromatic nitrogens is 2. The lowest BCUT2D eigenvalue weighted by Gasteiger charge is -2.09. The lowest BCUT2D eigenvalue weighted by atomic mass is 10.1. The molecule has 1 aliphatic rings. The number of aromatic carboxylic acids is 1. The monoisotopic (exact) mass is 349 g/mol. The molecule has 0 spiro atoms. The number of amides is 1. The molecule has 0 unspecified atom stereocenters. The summed E-state index contributed by atoms with van der Waals surface area (Å²) in [6.45, 7) is 0. The van der Waals surface area contributed by atoms with E-state index in [-0.39, 0.29) is 17.5 Å². The first-order valence-corrected chi connectivity index (χ1v) is 8.17. The molecule has 1 amide bonds. The molecule has 3 aromatic rings. The summed E-state index contributed by atoms with van der Waals surface area (Å²) in [5.74, 6) is 0.517. The van der Waals surface area contributed by atoms with E-state index in [1.54, 1.807) is 42.6 Å². The third kappa shape index (κ3) is 3.32. The van der Waals surface area contributed by atoms with E-state index in [1.807, 2.05) is 0 Å². The van der Waals surface area contributed by atoms with Crippen LogP contribution in [0.2, 0.25) is 0 Å². The van der Waals surface area contributed by atoms with E-state index in [0.29, 0.717) is 28.1 Å². The molecule has 130 valence electrons. The fourth-order valence-electron chi connectivity index (χ4n) is 2.64. The zero-order chi connectivity index (χ0) is 18.1. The summed E-state index contributed by atoms with van der Waals surface area (Å²) in [4.78, 5) is 31.1. The lowest BCUT2D eigenvalue weighted by Crippen LogP contribution is -2.14. The molecule has 0 aliphatic heterocycles. The SMILES string of the molecule is O=C(O)c1nccc2cc(Oc3ccnc(NC(=O)C4CC4)c3)ccc12. The van der Waals surface area contributed by atoms with Crippen molar-refractivity contribution in [3.05, 3.63) is 54.5 Å². The zero-order valence-corrected chi connectivity index (χ0v) is 13.7. The zero-order valence-electron chi connectivity index (χ0n) is 13.7. The summed E-state index contributed by atoms with van der Waals surface area (Å²) in [7, 11) is 0. The molecule has 1 aromatic carbocycles. The Bertz CT molecular complexity index is 1010. The number of nitrogens with one attached hydrogen (secondary N) is 1. The van der Waals surface area contributed by atoms with Gasteiger partial charge in [0.15, 0.2) is 5.69 Å². The van der Waals surface area contributed by atoms with Gasteiger partial charge in [-0.1, -0.05) is 0 Å². The third-order valence-corrected chi connectivity index (χ3v) is 4.10. The average Bonchev–Trinajstić information content (AvgIpc) is 3.46. The maximum absolute atomic E-state index is 11.8. The second-order valence-electron chi connectivity index (χ2n) is 6.09. The van der Waals surface area contributed by atoms with E-state index in [4.69, 9.17) is 4.74 Å². The van der Waals surface area contributed by atoms with Gasteiger partial charge in [0.05, 0.1) is 0 Å². The van der Waals surface area contributed by atoms with Crippen LogP contribution in [0, 0.1) is 5.92 Å². The highest BCUT2D eigenvalue weighted by Gasteiger charge is 2.29. The van der Waals surface area contributed by atoms with Crippen LogP contribution in [-0.2, 0) is 4.79 Å². The van der Waals surface area contributed by atoms with Gasteiger partial charge in [-0.15, -0.1) is 0 Å². The van der Waals surface area contributed by atoms with Gasteiger partial charge < -0.3 is 15.2 Å². The second-order valence-corrected chi connectivity index (χ2v) is 6.09. The highest BCUT2D eigenvalue weighted by Crippen LogP contribution is 2.31. The molecular formula is C19H15N3O4. The lowest BCUT2D eigenvalue weighted by molar-refractivity contribution is -0.117. The van der Waals surface area contributed by atoms with Gasteiger partial charge >= 0.3 is 5.97 Å². The van der Waals surface area contributed by atoms with Gasteiger partial charge in [-0.05, 0) is 48.6 Å². The number of hydrogen-bond acceptors (Lipinski definition) is 5. The van der Waals surface area contributed by atoms with E-state index in [2.05, 4.69) is 15.3 Å². The van der Waals surface area contributed by atoms with Gasteiger partial charge in [-0.2, -0.15) is 0 Å². The van der Waals surface area contributed by atoms with E-state index >= 15 is 0 Å². The Morgan fingerprint density at radius 3 is 2.58 bits per heavy atom. The first kappa shape index (κ1) is 16.0. The molecule has 2 N–H and O–H groups in total. The van der Waals surface area contributed by atoms with Gasteiger partial charge in [0.2, 0.25) is 5.91 Å². The van der Waals surface area contributed by atoms with Crippen LogP contribution in [0.15, 0.2) is 48.8 Å². The number of carboxylic acid groups (broad SMARTS) is 1. The minimum atomic E-state index is -1.07. The Hall–Kier alpha value is -3.48. The molecule has 0 bridgehead atoms. The maximum Gasteiger partial charge on any atom is 0.355 e. The highest BCUT2D eigenvalue weighted by molar-refractivity contribution is 6.02. The number of carbonyl (C=O) groups is 2. The molecule has 0 saturated heterocycles. The Morgan fingerprint density at radius 2 is 1.81 bits per heavy atom. The van der Waals surface area contributed by atoms with Crippen molar-refractivity contribution < 1.29 is 19.4 Å². The quantitative estimate of drug-likeness (QED) is 0.731. The standard InChI is InChI=1S/C19H15N3O4/c23-18(11-1-2-11)22-16-10-14(6-8-20-16)26-13-3-4-15-12(9-13)5-7-21-17(15)19(24)25/h3-11H,1-2H2,(H,24,25)(H,20,22,23). The van der Waals surface area contributed by atoms with Gasteiger partial charge in [-0.3, -0.25) is 4.79 Å². The van der Waals surface area contributed by atoms with Crippen LogP contribution in [0.1, 0.15) is 23.3 Å². The molecule has 7 heteroatoms. The smallest absolute Gasteiger partial charge is 0.355 e. The topological polar surface area (TPSA) is 101 Å². The summed E-state index contributed by atoms with van der Waals surface area (Å²) in [6.07, 6.45) is 4.86. The number of carboxylic acids is 1. The summed E-state index contributed by atoms with van der Waals surface area (Å²) in [5.41, 5.74) is 0.00281. The number of hydrogen-bond donors (Lipinski definition) is 2. The molecular weight excluding hydrogens is 334 g/mol. The van der Waals surface area contributed by atoms with Gasteiger partial charge in [0, 0.05) is 29.8 Å². The van der Waals surface area contributed by atoms with Gasteiger partial charge in [0.1, 0.15) is 17.3 Å². The molecule has 1 aliphatic carbocycles. The number of benzene rings is 1. The average molecular weight is 349 g/mol. The highest BCUT2D eigenvalue weighted by atomic mass is 16.5. The molecule has 4 rings (SSSR count). The Morgan fingerprint density at radius 1 is 1.04 bits per heavy atom. The molecule has 26 heavy (non-hydrogen) atoms. The van der Waals surface area contributed by atoms with Gasteiger partial charge in [0.25, 0.3) is 0 Å². The minimum Gasteiger partial charge on any atom is -0.476 e. The van der Waals surface area contributed by atoms with Crippen molar-refractivity contribution in [2.24, 2.45) is 5.92 Å². The van der Waals surface area contributed by atoms with Crippen molar-refractivity contribution >= 4 is 28.5 Å². The van der Waals surface area contributed by atoms with Crippen LogP contribution in [0.25, 0.3) is 10.8 Å². The minimum absolute atomic E-state index is 0.00281. The Labute approximate surface area is 148 Å². The van der Waals surface area contributed by atoms with Crippen LogP contribution in [0.3, 0.4) is 0 Å². The number of pyridine rings is 2. The predicted molar refractivity (Wildman–Crippen MR) is 94.4 cm³/mol. The number of rotatable bonds is 5. The van der Waals surface area contributed by atoms with Crippen LogP contribution >= 0.6 is 0 Å². The molecule has 0 atom stereocenters. The summed E-state index contributed by atoms with van der Waals surface area (Å²) < 4.78 is 5.83. The van der Waals surface area contributed by atoms with Crippen molar-refractivity contribution in [2.75, 3.05) is 5.32 Å². The van der Waals surface area contributed by atoms with E-state index in [0.717, 1.165) is 12.8 Å². The summed E-state index contributed by atoms with van der Waals surface area (Å²) in [5, 5.41) is 13.2. The number of fused-ring (bicyclic) bond motifs is 1. The van der Waals surface area contributed by atoms with Crippen molar-refractivity contribution in [3.63, 3.8) is 0 Å². The molecule has 0 radical (unpaired) electrons. The molecule has 2 aromatic heterocycles. The van der Waals surface area contributed by atoms with Crippen molar-refractivity contribution in [2.45, 2.75) is 12.8 Å². The second kappa shape index (κ2) is 6.44. The number of nitrogens with zero attached hydrogens (tertiary/aromatic N) is 2. The molecule has 7 nitrogen and oxygen atoms in total. The summed E-state index contributed by atoms with van der Waals surface area (Å²) >= 11 is 0. The molecule has 1 fully saturated rings. The number of anilines is 1. The van der Waals surface area contributed by atoms with Crippen molar-refractivity contribution in [1.29, 1.82) is 0 Å². The van der Waals surface area contributed by atoms with Gasteiger partial charge in [-0.25, -0.2) is 14.8 Å². The maximum atomic E-state index is 11.8. The van der Waals surface area contributed by atoms with E-state index in [9.17, 15) is 14.7 Å². The van der Waals surface area contributed by atoms with Crippen molar-refractivity contribution in [1.82, 2.24) is 9.97 Å². The Kier molecular flexibility index (Phi) is 3.96. The van der Waals surface area contributed by atoms with Crippen LogP contribution in [0.4, 0.5) is 5.82 Å². The molecule has 2 heterocycles. The van der Waals surface area contributed by atoms with Crippen LogP contribution in [0.5, 0.6) is 11.5 Å². The van der Waals surface area contributed by atoms with Crippen LogP contribution < -0.4 is 10.1 Å². The Balaban J connectivity index is 1.57. The fraction of sp³-hybridized carbons (Fsp3) is 0.158. The number of carbonyl (C=O) groups excluding carboxylic acids is 1. The normalized spacial score (nSPS) is 13.4. The largest absolute Gasteiger partial charge is 0.476 e. The van der Waals surface area contributed by atoms with E-state index in [1.165, 1.54) is 6.20 Å². The first-order valence-electron chi connectivity index (χ1n) is 8.17. The van der Waals surface area contributed by atoms with Crippen LogP contribution in [-0.4, -0.2) is 27.0 Å². The third-order valence-electron chi connectivity index (χ3n) is 4.10. The number of ether oxygens (including phenoxy) is 1. The first-order chi connectivity index (χ1) is 12.6. The predicted octanol–water partition coefficient (Wildman–Crippen LogP) is 3.47. The fourth-order valence-corrected chi connectivity index (χ4v) is 2.64. The molecule has 1 saturated carbocycles. The van der Waals surface area contributed by atoms with Crippen molar-refractivity contribution in [3.8, 4) is 11.5 Å².